The Balaban J connectivity index is 3.75. The molecular weight excluding hydrogens is 180 g/mol. The van der Waals surface area contributed by atoms with Crippen LogP contribution in [0.5, 0.6) is 0 Å². The molecule has 0 radical (unpaired) electrons. The SMILES string of the molecule is CC(CNC(=O)OC(C)(C)C)N(C)C. The summed E-state index contributed by atoms with van der Waals surface area (Å²) < 4.78 is 5.10. The van der Waals surface area contributed by atoms with Gasteiger partial charge in [0.15, 0.2) is 0 Å². The van der Waals surface area contributed by atoms with E-state index in [4.69, 9.17) is 4.74 Å². The van der Waals surface area contributed by atoms with Crippen molar-refractivity contribution in [2.75, 3.05) is 20.6 Å². The maximum absolute atomic E-state index is 11.2. The Bertz CT molecular complexity index is 185. The predicted molar refractivity (Wildman–Crippen MR) is 57.4 cm³/mol. The molecule has 4 heteroatoms. The van der Waals surface area contributed by atoms with Gasteiger partial charge in [-0.05, 0) is 41.8 Å². The molecule has 84 valence electrons. The van der Waals surface area contributed by atoms with E-state index in [9.17, 15) is 4.79 Å². The molecule has 1 N–H and O–H groups in total. The number of rotatable bonds is 3. The van der Waals surface area contributed by atoms with Gasteiger partial charge in [-0.2, -0.15) is 0 Å². The second kappa shape index (κ2) is 5.20. The smallest absolute Gasteiger partial charge is 0.407 e. The lowest BCUT2D eigenvalue weighted by Gasteiger charge is -2.23. The molecule has 0 saturated heterocycles. The van der Waals surface area contributed by atoms with Crippen LogP contribution in [0, 0.1) is 0 Å². The lowest BCUT2D eigenvalue weighted by molar-refractivity contribution is 0.0516. The Labute approximate surface area is 86.6 Å². The van der Waals surface area contributed by atoms with E-state index in [1.807, 2.05) is 46.7 Å². The highest BCUT2D eigenvalue weighted by molar-refractivity contribution is 5.67. The van der Waals surface area contributed by atoms with E-state index >= 15 is 0 Å². The van der Waals surface area contributed by atoms with E-state index in [-0.39, 0.29) is 6.09 Å². The predicted octanol–water partition coefficient (Wildman–Crippen LogP) is 1.46. The van der Waals surface area contributed by atoms with Crippen LogP contribution >= 0.6 is 0 Å². The molecule has 0 bridgehead atoms. The Morgan fingerprint density at radius 3 is 2.29 bits per heavy atom. The van der Waals surface area contributed by atoms with Crippen LogP contribution in [-0.4, -0.2) is 43.3 Å². The van der Waals surface area contributed by atoms with Crippen LogP contribution in [0.2, 0.25) is 0 Å². The minimum Gasteiger partial charge on any atom is -0.444 e. The minimum absolute atomic E-state index is 0.308. The Morgan fingerprint density at radius 2 is 1.93 bits per heavy atom. The number of ether oxygens (including phenoxy) is 1. The van der Waals surface area contributed by atoms with Crippen molar-refractivity contribution in [2.24, 2.45) is 0 Å². The highest BCUT2D eigenvalue weighted by atomic mass is 16.6. The van der Waals surface area contributed by atoms with Gasteiger partial charge in [0.2, 0.25) is 0 Å². The van der Waals surface area contributed by atoms with E-state index in [1.54, 1.807) is 0 Å². The topological polar surface area (TPSA) is 41.6 Å². The summed E-state index contributed by atoms with van der Waals surface area (Å²) in [6.07, 6.45) is -0.355. The summed E-state index contributed by atoms with van der Waals surface area (Å²) in [5, 5.41) is 2.72. The van der Waals surface area contributed by atoms with Crippen LogP contribution in [0.1, 0.15) is 27.7 Å². The van der Waals surface area contributed by atoms with Crippen LogP contribution in [-0.2, 0) is 4.74 Å². The van der Waals surface area contributed by atoms with Crippen molar-refractivity contribution < 1.29 is 9.53 Å². The monoisotopic (exact) mass is 202 g/mol. The fourth-order valence-corrected chi connectivity index (χ4v) is 0.728. The number of carbonyl (C=O) groups is 1. The quantitative estimate of drug-likeness (QED) is 0.753. The molecule has 0 heterocycles. The van der Waals surface area contributed by atoms with Crippen molar-refractivity contribution in [1.29, 1.82) is 0 Å². The molecule has 0 fully saturated rings. The number of hydrogen-bond donors (Lipinski definition) is 1. The Morgan fingerprint density at radius 1 is 1.43 bits per heavy atom. The van der Waals surface area contributed by atoms with Crippen LogP contribution in [0.3, 0.4) is 0 Å². The zero-order chi connectivity index (χ0) is 11.4. The Hall–Kier alpha value is -0.770. The summed E-state index contributed by atoms with van der Waals surface area (Å²) in [7, 11) is 3.95. The normalized spacial score (nSPS) is 13.9. The number of nitrogens with one attached hydrogen (secondary N) is 1. The van der Waals surface area contributed by atoms with Gasteiger partial charge in [0.25, 0.3) is 0 Å². The summed E-state index contributed by atoms with van der Waals surface area (Å²) in [6, 6.07) is 0.308. The molecule has 0 aliphatic heterocycles. The molecule has 1 unspecified atom stereocenters. The lowest BCUT2D eigenvalue weighted by Crippen LogP contribution is -2.40. The first-order chi connectivity index (χ1) is 6.22. The molecular formula is C10H22N2O2. The average molecular weight is 202 g/mol. The van der Waals surface area contributed by atoms with E-state index in [1.165, 1.54) is 0 Å². The van der Waals surface area contributed by atoms with Crippen LogP contribution in [0.15, 0.2) is 0 Å². The van der Waals surface area contributed by atoms with Crippen LogP contribution in [0.25, 0.3) is 0 Å². The second-order valence-corrected chi connectivity index (χ2v) is 4.70. The summed E-state index contributed by atoms with van der Waals surface area (Å²) in [4.78, 5) is 13.3. The van der Waals surface area contributed by atoms with Gasteiger partial charge in [-0.1, -0.05) is 0 Å². The third-order valence-corrected chi connectivity index (χ3v) is 1.82. The summed E-state index contributed by atoms with van der Waals surface area (Å²) in [5.74, 6) is 0. The summed E-state index contributed by atoms with van der Waals surface area (Å²) >= 11 is 0. The maximum Gasteiger partial charge on any atom is 0.407 e. The number of likely N-dealkylation sites (N-methyl/N-ethyl adjacent to an activating group) is 1. The highest BCUT2D eigenvalue weighted by Gasteiger charge is 2.16. The van der Waals surface area contributed by atoms with Crippen molar-refractivity contribution in [3.8, 4) is 0 Å². The molecule has 14 heavy (non-hydrogen) atoms. The third-order valence-electron chi connectivity index (χ3n) is 1.82. The van der Waals surface area contributed by atoms with Crippen LogP contribution in [0.4, 0.5) is 4.79 Å². The second-order valence-electron chi connectivity index (χ2n) is 4.70. The number of nitrogens with zero attached hydrogens (tertiary/aromatic N) is 1. The van der Waals surface area contributed by atoms with Gasteiger partial charge in [0.1, 0.15) is 5.60 Å². The fourth-order valence-electron chi connectivity index (χ4n) is 0.728. The van der Waals surface area contributed by atoms with Gasteiger partial charge in [-0.3, -0.25) is 0 Å². The van der Waals surface area contributed by atoms with E-state index in [0.29, 0.717) is 12.6 Å². The first-order valence-electron chi connectivity index (χ1n) is 4.85. The molecule has 1 amide bonds. The first-order valence-corrected chi connectivity index (χ1v) is 4.85. The van der Waals surface area contributed by atoms with Gasteiger partial charge in [0, 0.05) is 12.6 Å². The average Bonchev–Trinajstić information content (AvgIpc) is 1.96. The largest absolute Gasteiger partial charge is 0.444 e. The minimum atomic E-state index is -0.425. The lowest BCUT2D eigenvalue weighted by atomic mass is 10.2. The molecule has 0 aliphatic rings. The molecule has 0 aromatic rings. The van der Waals surface area contributed by atoms with Gasteiger partial charge in [-0.15, -0.1) is 0 Å². The number of amides is 1. The fraction of sp³-hybridized carbons (Fsp3) is 0.900. The number of alkyl carbamates (subject to hydrolysis) is 1. The third kappa shape index (κ3) is 6.71. The van der Waals surface area contributed by atoms with Gasteiger partial charge in [-0.25, -0.2) is 4.79 Å². The summed E-state index contributed by atoms with van der Waals surface area (Å²) in [5.41, 5.74) is -0.425. The molecule has 4 nitrogen and oxygen atoms in total. The van der Waals surface area contributed by atoms with E-state index in [0.717, 1.165) is 0 Å². The summed E-state index contributed by atoms with van der Waals surface area (Å²) in [6.45, 7) is 8.19. The van der Waals surface area contributed by atoms with Crippen molar-refractivity contribution in [3.05, 3.63) is 0 Å². The molecule has 1 atom stereocenters. The molecule has 0 spiro atoms. The van der Waals surface area contributed by atoms with Gasteiger partial charge >= 0.3 is 6.09 Å². The molecule has 0 aliphatic carbocycles. The van der Waals surface area contributed by atoms with E-state index < -0.39 is 5.60 Å². The molecule has 0 aromatic carbocycles. The number of hydrogen-bond acceptors (Lipinski definition) is 3. The highest BCUT2D eigenvalue weighted by Crippen LogP contribution is 2.06. The van der Waals surface area contributed by atoms with Crippen molar-refractivity contribution in [1.82, 2.24) is 10.2 Å². The maximum atomic E-state index is 11.2. The Kier molecular flexibility index (Phi) is 4.91. The van der Waals surface area contributed by atoms with Crippen molar-refractivity contribution in [2.45, 2.75) is 39.3 Å². The van der Waals surface area contributed by atoms with Crippen molar-refractivity contribution in [3.63, 3.8) is 0 Å². The first kappa shape index (κ1) is 13.2. The van der Waals surface area contributed by atoms with Gasteiger partial charge in [0.05, 0.1) is 0 Å². The standard InChI is InChI=1S/C10H22N2O2/c1-8(12(5)6)7-11-9(13)14-10(2,3)4/h8H,7H2,1-6H3,(H,11,13). The molecule has 0 aromatic heterocycles. The zero-order valence-electron chi connectivity index (χ0n) is 10.0. The van der Waals surface area contributed by atoms with Crippen molar-refractivity contribution >= 4 is 6.09 Å². The molecule has 0 rings (SSSR count). The molecule has 0 saturated carbocycles. The van der Waals surface area contributed by atoms with E-state index in [2.05, 4.69) is 5.32 Å². The zero-order valence-corrected chi connectivity index (χ0v) is 10.0. The van der Waals surface area contributed by atoms with Crippen LogP contribution < -0.4 is 5.32 Å². The van der Waals surface area contributed by atoms with Gasteiger partial charge < -0.3 is 15.0 Å². The number of carbonyl (C=O) groups excluding carboxylic acids is 1.